The van der Waals surface area contributed by atoms with Crippen LogP contribution in [0, 0.1) is 6.92 Å². The number of hydrogen-bond donors (Lipinski definition) is 1. The van der Waals surface area contributed by atoms with Gasteiger partial charge in [0.05, 0.1) is 10.6 Å². The average molecular weight is 665 g/mol. The highest BCUT2D eigenvalue weighted by molar-refractivity contribution is 7.92. The molecule has 1 aliphatic rings. The van der Waals surface area contributed by atoms with Crippen LogP contribution in [0.25, 0.3) is 0 Å². The number of carbonyl (C=O) groups excluding carboxylic acids is 2. The number of aryl methyl sites for hydroxylation is 1. The number of amides is 2. The molecule has 1 N–H and O–H groups in total. The topological polar surface area (TPSA) is 86.8 Å². The van der Waals surface area contributed by atoms with E-state index in [0.29, 0.717) is 27.1 Å². The molecule has 2 amide bonds. The van der Waals surface area contributed by atoms with E-state index in [2.05, 4.69) is 5.32 Å². The molecule has 0 aliphatic heterocycles. The van der Waals surface area contributed by atoms with Gasteiger partial charge in [-0.25, -0.2) is 8.42 Å². The molecule has 1 fully saturated rings. The van der Waals surface area contributed by atoms with Crippen LogP contribution in [0.4, 0.5) is 5.69 Å². The molecule has 0 radical (unpaired) electrons. The smallest absolute Gasteiger partial charge is 0.264 e. The van der Waals surface area contributed by atoms with Gasteiger partial charge in [0.2, 0.25) is 11.8 Å². The molecule has 1 aliphatic carbocycles. The van der Waals surface area contributed by atoms with Crippen LogP contribution in [0.5, 0.6) is 0 Å². The molecule has 230 valence electrons. The van der Waals surface area contributed by atoms with Gasteiger partial charge in [0.15, 0.2) is 0 Å². The predicted octanol–water partition coefficient (Wildman–Crippen LogP) is 7.41. The molecular formula is C32H36Cl3N3O4S. The Labute approximate surface area is 269 Å². The first-order valence-corrected chi connectivity index (χ1v) is 17.0. The zero-order valence-electron chi connectivity index (χ0n) is 24.2. The number of halogens is 3. The van der Waals surface area contributed by atoms with Crippen molar-refractivity contribution >= 4 is 62.3 Å². The SMILES string of the molecule is CC[C@H](C(=O)NC1CCCCC1)N(Cc1c(Cl)cccc1Cl)C(=O)CN(c1ccc(Cl)cc1)S(=O)(=O)c1ccc(C)cc1. The quantitative estimate of drug-likeness (QED) is 0.231. The number of carbonyl (C=O) groups is 2. The van der Waals surface area contributed by atoms with Crippen molar-refractivity contribution < 1.29 is 18.0 Å². The van der Waals surface area contributed by atoms with Crippen molar-refractivity contribution in [2.75, 3.05) is 10.8 Å². The van der Waals surface area contributed by atoms with Gasteiger partial charge >= 0.3 is 0 Å². The number of benzene rings is 3. The van der Waals surface area contributed by atoms with Crippen LogP contribution in [-0.2, 0) is 26.2 Å². The zero-order valence-corrected chi connectivity index (χ0v) is 27.3. The van der Waals surface area contributed by atoms with E-state index in [4.69, 9.17) is 34.8 Å². The highest BCUT2D eigenvalue weighted by Crippen LogP contribution is 2.29. The number of nitrogens with zero attached hydrogens (tertiary/aromatic N) is 2. The number of rotatable bonds is 11. The normalized spacial score (nSPS) is 14.6. The molecule has 43 heavy (non-hydrogen) atoms. The van der Waals surface area contributed by atoms with Crippen LogP contribution in [0.1, 0.15) is 56.6 Å². The fourth-order valence-corrected chi connectivity index (χ4v) is 7.35. The summed E-state index contributed by atoms with van der Waals surface area (Å²) in [5, 5.41) is 4.23. The van der Waals surface area contributed by atoms with Crippen LogP contribution in [0.15, 0.2) is 71.6 Å². The highest BCUT2D eigenvalue weighted by Gasteiger charge is 2.35. The summed E-state index contributed by atoms with van der Waals surface area (Å²) in [4.78, 5) is 29.4. The van der Waals surface area contributed by atoms with Crippen molar-refractivity contribution in [3.63, 3.8) is 0 Å². The van der Waals surface area contributed by atoms with Crippen LogP contribution in [0.3, 0.4) is 0 Å². The lowest BCUT2D eigenvalue weighted by molar-refractivity contribution is -0.140. The van der Waals surface area contributed by atoms with Crippen molar-refractivity contribution in [3.8, 4) is 0 Å². The minimum atomic E-state index is -4.19. The molecule has 0 saturated heterocycles. The molecule has 3 aromatic rings. The molecular weight excluding hydrogens is 629 g/mol. The number of anilines is 1. The summed E-state index contributed by atoms with van der Waals surface area (Å²) in [6.07, 6.45) is 5.27. The second-order valence-corrected chi connectivity index (χ2v) is 13.9. The maximum Gasteiger partial charge on any atom is 0.264 e. The van der Waals surface area contributed by atoms with E-state index in [1.807, 2.05) is 13.8 Å². The molecule has 0 bridgehead atoms. The van der Waals surface area contributed by atoms with Gasteiger partial charge in [-0.15, -0.1) is 0 Å². The molecule has 0 aromatic heterocycles. The third-order valence-corrected chi connectivity index (χ3v) is 10.5. The third-order valence-electron chi connectivity index (χ3n) is 7.73. The van der Waals surface area contributed by atoms with E-state index in [1.54, 1.807) is 54.6 Å². The molecule has 0 unspecified atom stereocenters. The Hall–Kier alpha value is -2.78. The molecule has 0 heterocycles. The van der Waals surface area contributed by atoms with Gasteiger partial charge in [0, 0.05) is 33.2 Å². The second-order valence-electron chi connectivity index (χ2n) is 10.8. The Morgan fingerprint density at radius 3 is 2.09 bits per heavy atom. The van der Waals surface area contributed by atoms with E-state index < -0.39 is 28.5 Å². The minimum absolute atomic E-state index is 0.0311. The van der Waals surface area contributed by atoms with Crippen LogP contribution >= 0.6 is 34.8 Å². The van der Waals surface area contributed by atoms with E-state index >= 15 is 0 Å². The van der Waals surface area contributed by atoms with Crippen molar-refractivity contribution in [1.82, 2.24) is 10.2 Å². The molecule has 11 heteroatoms. The average Bonchev–Trinajstić information content (AvgIpc) is 2.98. The first kappa shape index (κ1) is 33.1. The fraction of sp³-hybridized carbons (Fsp3) is 0.375. The summed E-state index contributed by atoms with van der Waals surface area (Å²) in [5.74, 6) is -0.863. The van der Waals surface area contributed by atoms with E-state index in [-0.39, 0.29) is 29.1 Å². The molecule has 1 saturated carbocycles. The Morgan fingerprint density at radius 2 is 1.51 bits per heavy atom. The Bertz CT molecular complexity index is 1510. The standard InChI is InChI=1S/C32H36Cl3N3O4S/c1-3-30(32(40)36-24-8-5-4-6-9-24)37(20-27-28(34)10-7-11-29(27)35)31(39)21-38(25-16-14-23(33)15-17-25)43(41,42)26-18-12-22(2)13-19-26/h7,10-19,24,30H,3-6,8-9,20-21H2,1-2H3,(H,36,40)/t30-/m1/s1. The summed E-state index contributed by atoms with van der Waals surface area (Å²) >= 11 is 19.1. The summed E-state index contributed by atoms with van der Waals surface area (Å²) in [6, 6.07) is 16.8. The number of nitrogens with one attached hydrogen (secondary N) is 1. The number of hydrogen-bond acceptors (Lipinski definition) is 4. The Kier molecular flexibility index (Phi) is 11.4. The van der Waals surface area contributed by atoms with E-state index in [1.165, 1.54) is 17.0 Å². The predicted molar refractivity (Wildman–Crippen MR) is 173 cm³/mol. The summed E-state index contributed by atoms with van der Waals surface area (Å²) < 4.78 is 29.0. The molecule has 1 atom stereocenters. The molecule has 0 spiro atoms. The minimum Gasteiger partial charge on any atom is -0.352 e. The first-order chi connectivity index (χ1) is 20.5. The van der Waals surface area contributed by atoms with E-state index in [0.717, 1.165) is 42.0 Å². The zero-order chi connectivity index (χ0) is 31.1. The van der Waals surface area contributed by atoms with Gasteiger partial charge in [-0.1, -0.05) is 84.8 Å². The van der Waals surface area contributed by atoms with E-state index in [9.17, 15) is 18.0 Å². The molecule has 3 aromatic carbocycles. The third kappa shape index (κ3) is 8.24. The summed E-state index contributed by atoms with van der Waals surface area (Å²) in [5.41, 5.74) is 1.63. The molecule has 4 rings (SSSR count). The molecule has 7 nitrogen and oxygen atoms in total. The van der Waals surface area contributed by atoms with Crippen LogP contribution < -0.4 is 9.62 Å². The summed E-state index contributed by atoms with van der Waals surface area (Å²) in [7, 11) is -4.19. The maximum absolute atomic E-state index is 14.3. The largest absolute Gasteiger partial charge is 0.352 e. The monoisotopic (exact) mass is 663 g/mol. The highest BCUT2D eigenvalue weighted by atomic mass is 35.5. The van der Waals surface area contributed by atoms with Gasteiger partial charge < -0.3 is 10.2 Å². The van der Waals surface area contributed by atoms with Crippen molar-refractivity contribution in [1.29, 1.82) is 0 Å². The lowest BCUT2D eigenvalue weighted by atomic mass is 9.95. The summed E-state index contributed by atoms with van der Waals surface area (Å²) in [6.45, 7) is 3.04. The van der Waals surface area contributed by atoms with Gasteiger partial charge in [0.1, 0.15) is 12.6 Å². The number of sulfonamides is 1. The van der Waals surface area contributed by atoms with Crippen LogP contribution in [-0.4, -0.2) is 43.8 Å². The van der Waals surface area contributed by atoms with Gasteiger partial charge in [-0.2, -0.15) is 0 Å². The second kappa shape index (κ2) is 14.8. The Morgan fingerprint density at radius 1 is 0.907 bits per heavy atom. The van der Waals surface area contributed by atoms with Gasteiger partial charge in [-0.05, 0) is 74.7 Å². The lowest BCUT2D eigenvalue weighted by Crippen LogP contribution is -2.54. The van der Waals surface area contributed by atoms with Gasteiger partial charge in [-0.3, -0.25) is 13.9 Å². The van der Waals surface area contributed by atoms with Crippen molar-refractivity contribution in [3.05, 3.63) is 92.9 Å². The Balaban J connectivity index is 1.73. The van der Waals surface area contributed by atoms with Crippen LogP contribution in [0.2, 0.25) is 15.1 Å². The van der Waals surface area contributed by atoms with Crippen molar-refractivity contribution in [2.45, 2.75) is 75.9 Å². The van der Waals surface area contributed by atoms with Crippen molar-refractivity contribution in [2.24, 2.45) is 0 Å². The maximum atomic E-state index is 14.3. The fourth-order valence-electron chi connectivity index (χ4n) is 5.29. The van der Waals surface area contributed by atoms with Gasteiger partial charge in [0.25, 0.3) is 10.0 Å². The first-order valence-electron chi connectivity index (χ1n) is 14.4. The lowest BCUT2D eigenvalue weighted by Gasteiger charge is -2.34.